The van der Waals surface area contributed by atoms with Gasteiger partial charge in [0.15, 0.2) is 11.6 Å². The summed E-state index contributed by atoms with van der Waals surface area (Å²) in [6, 6.07) is 7.77. The highest BCUT2D eigenvalue weighted by Gasteiger charge is 2.33. The first-order valence-corrected chi connectivity index (χ1v) is 12.5. The fourth-order valence-corrected chi connectivity index (χ4v) is 4.80. The van der Waals surface area contributed by atoms with Crippen LogP contribution in [-0.2, 0) is 11.2 Å². The van der Waals surface area contributed by atoms with Crippen molar-refractivity contribution in [1.82, 2.24) is 15.1 Å². The maximum absolute atomic E-state index is 14.1. The van der Waals surface area contributed by atoms with E-state index in [1.165, 1.54) is 10.9 Å². The number of nitrogens with zero attached hydrogens (tertiary/aromatic N) is 2. The summed E-state index contributed by atoms with van der Waals surface area (Å²) >= 11 is 1.66. The monoisotopic (exact) mass is 475 g/mol. The van der Waals surface area contributed by atoms with E-state index in [4.69, 9.17) is 4.74 Å². The van der Waals surface area contributed by atoms with Crippen molar-refractivity contribution >= 4 is 23.3 Å². The van der Waals surface area contributed by atoms with Gasteiger partial charge in [-0.15, -0.1) is 11.3 Å². The number of para-hydroxylation sites is 1. The lowest BCUT2D eigenvalue weighted by molar-refractivity contribution is -0.135. The summed E-state index contributed by atoms with van der Waals surface area (Å²) in [5.74, 6) is 0.0465. The number of carbonyl (C=O) groups excluding carboxylic acids is 2. The van der Waals surface area contributed by atoms with Gasteiger partial charge in [-0.3, -0.25) is 4.79 Å². The average Bonchev–Trinajstić information content (AvgIpc) is 3.28. The van der Waals surface area contributed by atoms with Gasteiger partial charge in [-0.1, -0.05) is 32.9 Å². The average molecular weight is 476 g/mol. The van der Waals surface area contributed by atoms with Crippen LogP contribution >= 0.6 is 11.3 Å². The van der Waals surface area contributed by atoms with Crippen molar-refractivity contribution in [2.75, 3.05) is 32.8 Å². The van der Waals surface area contributed by atoms with Crippen LogP contribution in [0.3, 0.4) is 0 Å². The summed E-state index contributed by atoms with van der Waals surface area (Å²) in [5, 5.41) is 4.91. The molecule has 0 spiro atoms. The summed E-state index contributed by atoms with van der Waals surface area (Å²) in [5.41, 5.74) is 1.04. The van der Waals surface area contributed by atoms with Crippen LogP contribution in [0.2, 0.25) is 0 Å². The molecule has 1 aliphatic rings. The molecule has 0 saturated carbocycles. The van der Waals surface area contributed by atoms with Gasteiger partial charge in [0.05, 0.1) is 6.04 Å². The number of nitrogens with one attached hydrogen (secondary N) is 1. The molecule has 1 unspecified atom stereocenters. The molecule has 0 saturated heterocycles. The van der Waals surface area contributed by atoms with E-state index in [1.54, 1.807) is 39.3 Å². The van der Waals surface area contributed by atoms with Crippen LogP contribution in [0.15, 0.2) is 35.7 Å². The molecule has 180 valence electrons. The number of fused-ring (bicyclic) bond motifs is 1. The number of hydrogen-bond donors (Lipinski definition) is 1. The highest BCUT2D eigenvalue weighted by atomic mass is 32.1. The molecular weight excluding hydrogens is 441 g/mol. The Labute approximate surface area is 199 Å². The largest absolute Gasteiger partial charge is 0.488 e. The summed E-state index contributed by atoms with van der Waals surface area (Å²) in [6.07, 6.45) is 2.42. The third kappa shape index (κ3) is 6.69. The molecule has 0 aliphatic carbocycles. The molecule has 0 bridgehead atoms. The van der Waals surface area contributed by atoms with E-state index in [0.717, 1.165) is 24.8 Å². The summed E-state index contributed by atoms with van der Waals surface area (Å²) < 4.78 is 19.9. The number of benzene rings is 1. The molecule has 2 heterocycles. The molecule has 3 rings (SSSR count). The Balaban J connectivity index is 1.75. The lowest BCUT2D eigenvalue weighted by Crippen LogP contribution is -2.50. The van der Waals surface area contributed by atoms with Crippen molar-refractivity contribution in [1.29, 1.82) is 0 Å². The molecule has 1 aromatic carbocycles. The Morgan fingerprint density at radius 1 is 1.30 bits per heavy atom. The summed E-state index contributed by atoms with van der Waals surface area (Å²) in [7, 11) is 0. The number of urea groups is 1. The van der Waals surface area contributed by atoms with Gasteiger partial charge < -0.3 is 19.9 Å². The number of ether oxygens (including phenoxy) is 1. The second kappa shape index (κ2) is 12.0. The van der Waals surface area contributed by atoms with E-state index in [9.17, 15) is 14.0 Å². The second-order valence-corrected chi connectivity index (χ2v) is 9.73. The third-order valence-corrected chi connectivity index (χ3v) is 6.76. The Kier molecular flexibility index (Phi) is 9.11. The first kappa shape index (κ1) is 25.0. The van der Waals surface area contributed by atoms with Crippen LogP contribution in [0.1, 0.15) is 50.1 Å². The predicted octanol–water partition coefficient (Wildman–Crippen LogP) is 4.86. The molecule has 0 fully saturated rings. The first-order chi connectivity index (χ1) is 15.9. The molecule has 0 radical (unpaired) electrons. The molecule has 1 aliphatic heterocycles. The highest BCUT2D eigenvalue weighted by molar-refractivity contribution is 7.10. The van der Waals surface area contributed by atoms with E-state index in [0.29, 0.717) is 25.6 Å². The highest BCUT2D eigenvalue weighted by Crippen LogP contribution is 2.34. The molecule has 2 aromatic rings. The topological polar surface area (TPSA) is 61.9 Å². The second-order valence-electron chi connectivity index (χ2n) is 8.73. The quantitative estimate of drug-likeness (QED) is 0.534. The minimum atomic E-state index is -0.427. The Morgan fingerprint density at radius 2 is 2.09 bits per heavy atom. The van der Waals surface area contributed by atoms with Crippen molar-refractivity contribution in [2.45, 2.75) is 46.1 Å². The first-order valence-electron chi connectivity index (χ1n) is 11.7. The van der Waals surface area contributed by atoms with E-state index >= 15 is 0 Å². The smallest absolute Gasteiger partial charge is 0.317 e. The lowest BCUT2D eigenvalue weighted by atomic mass is 10.0. The molecule has 1 atom stereocenters. The SMILES string of the molecule is CCCNC(=O)N(CCC(C)C)CC(=O)N1CCc2sccc2C1COc1ccccc1F. The summed E-state index contributed by atoms with van der Waals surface area (Å²) in [4.78, 5) is 30.7. The van der Waals surface area contributed by atoms with Crippen LogP contribution < -0.4 is 10.1 Å². The molecule has 3 amide bonds. The van der Waals surface area contributed by atoms with Gasteiger partial charge in [0, 0.05) is 24.5 Å². The Morgan fingerprint density at radius 3 is 2.82 bits per heavy atom. The third-order valence-electron chi connectivity index (χ3n) is 5.76. The van der Waals surface area contributed by atoms with Crippen LogP contribution in [0.4, 0.5) is 9.18 Å². The van der Waals surface area contributed by atoms with E-state index in [1.807, 2.05) is 18.4 Å². The zero-order valence-corrected chi connectivity index (χ0v) is 20.5. The van der Waals surface area contributed by atoms with Crippen molar-refractivity contribution in [3.05, 3.63) is 52.0 Å². The maximum Gasteiger partial charge on any atom is 0.317 e. The number of thiophene rings is 1. The number of carbonyl (C=O) groups is 2. The molecular formula is C25H34FN3O3S. The standard InChI is InChI=1S/C25H34FN3O3S/c1-4-12-27-25(31)28(13-9-18(2)3)16-24(30)29-14-10-23-19(11-15-33-23)21(29)17-32-22-8-6-5-7-20(22)26/h5-8,11,15,18,21H,4,9-10,12-14,16-17H2,1-3H3,(H,27,31). The van der Waals surface area contributed by atoms with Crippen molar-refractivity contribution in [3.8, 4) is 5.75 Å². The van der Waals surface area contributed by atoms with Gasteiger partial charge in [0.1, 0.15) is 13.2 Å². The normalized spacial score (nSPS) is 15.3. The lowest BCUT2D eigenvalue weighted by Gasteiger charge is -2.37. The zero-order valence-electron chi connectivity index (χ0n) is 19.7. The van der Waals surface area contributed by atoms with Crippen LogP contribution in [0.25, 0.3) is 0 Å². The van der Waals surface area contributed by atoms with Crippen molar-refractivity contribution in [3.63, 3.8) is 0 Å². The zero-order chi connectivity index (χ0) is 23.8. The van der Waals surface area contributed by atoms with Crippen molar-refractivity contribution in [2.24, 2.45) is 5.92 Å². The number of hydrogen-bond acceptors (Lipinski definition) is 4. The number of rotatable bonds is 10. The molecule has 1 N–H and O–H groups in total. The molecule has 1 aromatic heterocycles. The van der Waals surface area contributed by atoms with Gasteiger partial charge in [0.25, 0.3) is 0 Å². The molecule has 8 heteroatoms. The maximum atomic E-state index is 14.1. The Bertz CT molecular complexity index is 933. The van der Waals surface area contributed by atoms with Gasteiger partial charge in [-0.25, -0.2) is 9.18 Å². The fourth-order valence-electron chi connectivity index (χ4n) is 3.87. The minimum absolute atomic E-state index is 0.0118. The minimum Gasteiger partial charge on any atom is -0.488 e. The molecule has 33 heavy (non-hydrogen) atoms. The van der Waals surface area contributed by atoms with Gasteiger partial charge in [-0.05, 0) is 54.3 Å². The number of amides is 3. The van der Waals surface area contributed by atoms with Crippen LogP contribution in [0, 0.1) is 11.7 Å². The van der Waals surface area contributed by atoms with E-state index in [2.05, 4.69) is 19.2 Å². The van der Waals surface area contributed by atoms with Crippen LogP contribution in [-0.4, -0.2) is 54.5 Å². The summed E-state index contributed by atoms with van der Waals surface area (Å²) in [6.45, 7) is 8.01. The van der Waals surface area contributed by atoms with Gasteiger partial charge >= 0.3 is 6.03 Å². The van der Waals surface area contributed by atoms with Gasteiger partial charge in [-0.2, -0.15) is 0 Å². The van der Waals surface area contributed by atoms with Crippen LogP contribution in [0.5, 0.6) is 5.75 Å². The predicted molar refractivity (Wildman–Crippen MR) is 129 cm³/mol. The van der Waals surface area contributed by atoms with Gasteiger partial charge in [0.2, 0.25) is 5.91 Å². The number of halogens is 1. The molecule has 6 nitrogen and oxygen atoms in total. The van der Waals surface area contributed by atoms with Crippen molar-refractivity contribution < 1.29 is 18.7 Å². The fraction of sp³-hybridized carbons (Fsp3) is 0.520. The van der Waals surface area contributed by atoms with E-state index in [-0.39, 0.29) is 36.9 Å². The Hall–Kier alpha value is -2.61. The van der Waals surface area contributed by atoms with E-state index < -0.39 is 5.82 Å².